The molecule has 3 N–H and O–H groups in total. The molecule has 1 aliphatic carbocycles. The number of sulfonamides is 1. The molecule has 0 radical (unpaired) electrons. The summed E-state index contributed by atoms with van der Waals surface area (Å²) in [5.74, 6) is -0.254. The summed E-state index contributed by atoms with van der Waals surface area (Å²) in [5, 5.41) is 16.2. The van der Waals surface area contributed by atoms with E-state index in [-0.39, 0.29) is 60.2 Å². The molecule has 12 heteroatoms. The van der Waals surface area contributed by atoms with Gasteiger partial charge in [0.2, 0.25) is 10.0 Å². The first kappa shape index (κ1) is 36.6. The maximum Gasteiger partial charge on any atom is 0.319 e. The average molecular weight is 673 g/mol. The number of amides is 3. The molecule has 0 saturated heterocycles. The molecule has 1 heterocycles. The lowest BCUT2D eigenvalue weighted by atomic mass is 9.96. The lowest BCUT2D eigenvalue weighted by Gasteiger charge is -2.35. The Bertz CT molecular complexity index is 1420. The van der Waals surface area contributed by atoms with Gasteiger partial charge in [0, 0.05) is 44.4 Å². The quantitative estimate of drug-likeness (QED) is 0.348. The molecule has 4 rings (SSSR count). The van der Waals surface area contributed by atoms with Gasteiger partial charge in [-0.15, -0.1) is 0 Å². The van der Waals surface area contributed by atoms with Crippen LogP contribution in [0.1, 0.15) is 82.5 Å². The molecule has 1 fully saturated rings. The fraction of sp³-hybridized carbons (Fsp3) is 0.600. The molecular weight excluding hydrogens is 620 g/mol. The highest BCUT2D eigenvalue weighted by atomic mass is 32.2. The molecule has 1 saturated carbocycles. The number of likely N-dealkylation sites (N-methyl/N-ethyl adjacent to an activating group) is 1. The lowest BCUT2D eigenvalue weighted by Crippen LogP contribution is -2.48. The first-order chi connectivity index (χ1) is 22.5. The summed E-state index contributed by atoms with van der Waals surface area (Å²) in [6.45, 7) is 6.08. The lowest BCUT2D eigenvalue weighted by molar-refractivity contribution is -0.00833. The summed E-state index contributed by atoms with van der Waals surface area (Å²) in [4.78, 5) is 29.0. The average Bonchev–Trinajstić information content (AvgIpc) is 3.06. The van der Waals surface area contributed by atoms with Crippen LogP contribution in [0, 0.1) is 5.92 Å². The number of anilines is 1. The van der Waals surface area contributed by atoms with Crippen molar-refractivity contribution in [1.29, 1.82) is 0 Å². The summed E-state index contributed by atoms with van der Waals surface area (Å²) in [5.41, 5.74) is 0.736. The van der Waals surface area contributed by atoms with Gasteiger partial charge in [0.05, 0.1) is 35.3 Å². The van der Waals surface area contributed by atoms with Gasteiger partial charge < -0.3 is 30.1 Å². The van der Waals surface area contributed by atoms with Crippen molar-refractivity contribution in [2.24, 2.45) is 5.92 Å². The van der Waals surface area contributed by atoms with E-state index in [2.05, 4.69) is 10.6 Å². The minimum atomic E-state index is -3.76. The first-order valence-corrected chi connectivity index (χ1v) is 18.4. The SMILES string of the molecule is C[C@@H]1CCCCO[C@@H](CN(C)S(=O)(=O)c2ccccc2)[C@@H](C)CN([C@@H](C)CO)C(=O)c2cc(NC(=O)NC3CCCCC3)ccc2O1. The van der Waals surface area contributed by atoms with Crippen molar-refractivity contribution in [3.05, 3.63) is 54.1 Å². The Morgan fingerprint density at radius 1 is 1.04 bits per heavy atom. The fourth-order valence-electron chi connectivity index (χ4n) is 6.19. The molecule has 11 nitrogen and oxygen atoms in total. The Kier molecular flexibility index (Phi) is 13.5. The van der Waals surface area contributed by atoms with E-state index in [4.69, 9.17) is 9.47 Å². The second-order valence-corrected chi connectivity index (χ2v) is 15.1. The first-order valence-electron chi connectivity index (χ1n) is 16.9. The second-order valence-electron chi connectivity index (χ2n) is 13.0. The predicted octanol–water partition coefficient (Wildman–Crippen LogP) is 5.26. The van der Waals surface area contributed by atoms with Crippen molar-refractivity contribution in [3.8, 4) is 5.75 Å². The Labute approximate surface area is 280 Å². The van der Waals surface area contributed by atoms with Crippen molar-refractivity contribution in [2.75, 3.05) is 38.7 Å². The van der Waals surface area contributed by atoms with Crippen molar-refractivity contribution < 1.29 is 32.6 Å². The van der Waals surface area contributed by atoms with E-state index in [1.807, 2.05) is 13.8 Å². The third-order valence-electron chi connectivity index (χ3n) is 9.14. The van der Waals surface area contributed by atoms with Crippen LogP contribution in [0.15, 0.2) is 53.4 Å². The summed E-state index contributed by atoms with van der Waals surface area (Å²) in [7, 11) is -2.22. The number of aliphatic hydroxyl groups is 1. The number of carbonyl (C=O) groups is 2. The van der Waals surface area contributed by atoms with Gasteiger partial charge in [0.15, 0.2) is 0 Å². The molecular formula is C35H52N4O7S. The number of nitrogens with one attached hydrogen (secondary N) is 2. The van der Waals surface area contributed by atoms with Crippen LogP contribution in [0.2, 0.25) is 0 Å². The zero-order chi connectivity index (χ0) is 34.0. The minimum Gasteiger partial charge on any atom is -0.490 e. The molecule has 0 spiro atoms. The van der Waals surface area contributed by atoms with Gasteiger partial charge in [-0.25, -0.2) is 13.2 Å². The molecule has 2 aliphatic rings. The molecule has 4 atom stereocenters. The molecule has 1 aliphatic heterocycles. The molecule has 47 heavy (non-hydrogen) atoms. The molecule has 0 unspecified atom stereocenters. The number of hydrogen-bond acceptors (Lipinski definition) is 7. The van der Waals surface area contributed by atoms with Gasteiger partial charge in [-0.1, -0.05) is 44.4 Å². The number of fused-ring (bicyclic) bond motifs is 1. The highest BCUT2D eigenvalue weighted by Crippen LogP contribution is 2.29. The van der Waals surface area contributed by atoms with Crippen LogP contribution in [-0.2, 0) is 14.8 Å². The number of benzene rings is 2. The van der Waals surface area contributed by atoms with Crippen LogP contribution in [0.5, 0.6) is 5.75 Å². The van der Waals surface area contributed by atoms with Crippen molar-refractivity contribution in [1.82, 2.24) is 14.5 Å². The fourth-order valence-corrected chi connectivity index (χ4v) is 7.39. The van der Waals surface area contributed by atoms with Gasteiger partial charge in [-0.05, 0) is 76.3 Å². The Hall–Kier alpha value is -3.19. The predicted molar refractivity (Wildman–Crippen MR) is 182 cm³/mol. The van der Waals surface area contributed by atoms with Crippen molar-refractivity contribution in [2.45, 2.75) is 101 Å². The third kappa shape index (κ3) is 10.2. The zero-order valence-corrected chi connectivity index (χ0v) is 29.0. The number of aliphatic hydroxyl groups excluding tert-OH is 1. The Morgan fingerprint density at radius 3 is 2.45 bits per heavy atom. The van der Waals surface area contributed by atoms with Crippen LogP contribution in [0.25, 0.3) is 0 Å². The minimum absolute atomic E-state index is 0.0915. The zero-order valence-electron chi connectivity index (χ0n) is 28.2. The van der Waals surface area contributed by atoms with E-state index in [0.717, 1.165) is 44.9 Å². The molecule has 0 aromatic heterocycles. The number of hydrogen-bond donors (Lipinski definition) is 3. The Morgan fingerprint density at radius 2 is 1.74 bits per heavy atom. The van der Waals surface area contributed by atoms with Crippen LogP contribution in [-0.4, -0.2) is 92.3 Å². The second kappa shape index (κ2) is 17.3. The maximum absolute atomic E-state index is 14.3. The molecule has 0 bridgehead atoms. The normalized spacial score (nSPS) is 22.9. The van der Waals surface area contributed by atoms with Crippen LogP contribution in [0.3, 0.4) is 0 Å². The maximum atomic E-state index is 14.3. The van der Waals surface area contributed by atoms with E-state index in [9.17, 15) is 23.1 Å². The summed E-state index contributed by atoms with van der Waals surface area (Å²) in [6, 6.07) is 12.6. The van der Waals surface area contributed by atoms with E-state index in [0.29, 0.717) is 18.0 Å². The third-order valence-corrected chi connectivity index (χ3v) is 11.0. The van der Waals surface area contributed by atoms with Crippen LogP contribution >= 0.6 is 0 Å². The van der Waals surface area contributed by atoms with E-state index >= 15 is 0 Å². The highest BCUT2D eigenvalue weighted by molar-refractivity contribution is 7.89. The topological polar surface area (TPSA) is 138 Å². The summed E-state index contributed by atoms with van der Waals surface area (Å²) < 4.78 is 40.6. The Balaban J connectivity index is 1.60. The van der Waals surface area contributed by atoms with Crippen molar-refractivity contribution >= 4 is 27.6 Å². The molecule has 2 aromatic carbocycles. The highest BCUT2D eigenvalue weighted by Gasteiger charge is 2.32. The number of carbonyl (C=O) groups excluding carboxylic acids is 2. The summed E-state index contributed by atoms with van der Waals surface area (Å²) in [6.07, 6.45) is 6.85. The van der Waals surface area contributed by atoms with E-state index in [1.165, 1.54) is 17.8 Å². The number of rotatable bonds is 8. The van der Waals surface area contributed by atoms with Gasteiger partial charge in [0.25, 0.3) is 5.91 Å². The van der Waals surface area contributed by atoms with Gasteiger partial charge in [-0.2, -0.15) is 4.31 Å². The molecule has 2 aromatic rings. The largest absolute Gasteiger partial charge is 0.490 e. The monoisotopic (exact) mass is 672 g/mol. The standard InChI is InChI=1S/C35H52N4O7S/c1-25-22-39(26(2)24-40)34(41)31-21-29(37-35(42)36-28-14-7-5-8-15-28)18-19-32(31)46-27(3)13-11-12-20-45-33(25)23-38(4)47(43,44)30-16-9-6-10-17-30/h6,9-10,16-19,21,25-28,33,40H,5,7-8,11-15,20,22-24H2,1-4H3,(H2,36,37,42)/t25-,26-,27+,33-/m0/s1. The number of nitrogens with zero attached hydrogens (tertiary/aromatic N) is 2. The van der Waals surface area contributed by atoms with Crippen LogP contribution in [0.4, 0.5) is 10.5 Å². The molecule has 3 amide bonds. The van der Waals surface area contributed by atoms with E-state index in [1.54, 1.807) is 60.4 Å². The van der Waals surface area contributed by atoms with Gasteiger partial charge in [-0.3, -0.25) is 4.79 Å². The van der Waals surface area contributed by atoms with E-state index < -0.39 is 22.2 Å². The summed E-state index contributed by atoms with van der Waals surface area (Å²) >= 11 is 0. The van der Waals surface area contributed by atoms with Gasteiger partial charge >= 0.3 is 6.03 Å². The van der Waals surface area contributed by atoms with Crippen LogP contribution < -0.4 is 15.4 Å². The van der Waals surface area contributed by atoms with Crippen molar-refractivity contribution in [3.63, 3.8) is 0 Å². The molecule has 260 valence electrons. The number of urea groups is 1. The van der Waals surface area contributed by atoms with Gasteiger partial charge in [0.1, 0.15) is 5.75 Å². The smallest absolute Gasteiger partial charge is 0.319 e. The number of ether oxygens (including phenoxy) is 2.